The van der Waals surface area contributed by atoms with Crippen LogP contribution in [0.3, 0.4) is 0 Å². The smallest absolute Gasteiger partial charge is 0.102 e. The standard InChI is InChI=1S/C7H16O3S2/c1-6(2)9-4-7(8)5-10-12-11-3/h6-8H,4-5H2,1-3H3. The average Bonchev–Trinajstić information content (AvgIpc) is 2.01. The van der Waals surface area contributed by atoms with E-state index >= 15 is 0 Å². The van der Waals surface area contributed by atoms with Crippen molar-refractivity contribution in [1.82, 2.24) is 0 Å². The summed E-state index contributed by atoms with van der Waals surface area (Å²) in [5.41, 5.74) is 0. The van der Waals surface area contributed by atoms with Crippen LogP contribution in [0.2, 0.25) is 0 Å². The molecule has 0 aliphatic carbocycles. The van der Waals surface area contributed by atoms with Gasteiger partial charge in [-0.25, -0.2) is 0 Å². The van der Waals surface area contributed by atoms with Crippen LogP contribution < -0.4 is 0 Å². The highest BCUT2D eigenvalue weighted by Gasteiger charge is 2.05. The van der Waals surface area contributed by atoms with Gasteiger partial charge >= 0.3 is 0 Å². The lowest BCUT2D eigenvalue weighted by atomic mass is 10.4. The van der Waals surface area contributed by atoms with Crippen molar-refractivity contribution >= 4 is 21.9 Å². The van der Waals surface area contributed by atoms with Gasteiger partial charge in [0.05, 0.1) is 30.4 Å². The Morgan fingerprint density at radius 3 is 2.50 bits per heavy atom. The topological polar surface area (TPSA) is 38.7 Å². The van der Waals surface area contributed by atoms with Gasteiger partial charge in [-0.2, -0.15) is 0 Å². The van der Waals surface area contributed by atoms with Crippen molar-refractivity contribution in [3.63, 3.8) is 0 Å². The first-order valence-corrected chi connectivity index (χ1v) is 6.27. The van der Waals surface area contributed by atoms with Crippen molar-refractivity contribution in [3.8, 4) is 0 Å². The molecule has 5 heteroatoms. The molecule has 0 bridgehead atoms. The Hall–Kier alpha value is 0.580. The predicted molar refractivity (Wildman–Crippen MR) is 54.2 cm³/mol. The number of hydrogen-bond donors (Lipinski definition) is 1. The zero-order valence-corrected chi connectivity index (χ0v) is 9.28. The van der Waals surface area contributed by atoms with Crippen LogP contribution in [0.25, 0.3) is 0 Å². The van der Waals surface area contributed by atoms with E-state index in [-0.39, 0.29) is 6.10 Å². The Balaban J connectivity index is 3.15. The number of rotatable bonds is 7. The SMILES string of the molecule is CSSOCC(O)COC(C)C. The maximum atomic E-state index is 9.25. The van der Waals surface area contributed by atoms with Crippen molar-refractivity contribution in [2.75, 3.05) is 19.5 Å². The number of aliphatic hydroxyl groups excluding tert-OH is 1. The summed E-state index contributed by atoms with van der Waals surface area (Å²) in [6, 6.07) is 0. The molecule has 0 amide bonds. The monoisotopic (exact) mass is 212 g/mol. The summed E-state index contributed by atoms with van der Waals surface area (Å²) in [6.07, 6.45) is 1.56. The zero-order valence-electron chi connectivity index (χ0n) is 7.65. The molecule has 0 aliphatic rings. The van der Waals surface area contributed by atoms with E-state index in [1.165, 1.54) is 21.9 Å². The van der Waals surface area contributed by atoms with Gasteiger partial charge in [-0.1, -0.05) is 10.8 Å². The van der Waals surface area contributed by atoms with Crippen LogP contribution in [0.1, 0.15) is 13.8 Å². The Bertz CT molecular complexity index is 101. The van der Waals surface area contributed by atoms with Gasteiger partial charge < -0.3 is 14.0 Å². The van der Waals surface area contributed by atoms with Gasteiger partial charge in [0, 0.05) is 0 Å². The fourth-order valence-corrected chi connectivity index (χ4v) is 1.27. The molecule has 0 aliphatic heterocycles. The third-order valence-corrected chi connectivity index (χ3v) is 2.06. The highest BCUT2D eigenvalue weighted by Crippen LogP contribution is 2.17. The molecule has 0 rings (SSSR count). The Morgan fingerprint density at radius 2 is 2.00 bits per heavy atom. The normalized spacial score (nSPS) is 13.8. The summed E-state index contributed by atoms with van der Waals surface area (Å²) in [5.74, 6) is 0. The largest absolute Gasteiger partial charge is 0.388 e. The lowest BCUT2D eigenvalue weighted by Crippen LogP contribution is -2.22. The first kappa shape index (κ1) is 12.6. The Kier molecular flexibility index (Phi) is 8.59. The van der Waals surface area contributed by atoms with E-state index in [0.29, 0.717) is 13.2 Å². The third kappa shape index (κ3) is 8.67. The van der Waals surface area contributed by atoms with E-state index in [1.54, 1.807) is 0 Å². The van der Waals surface area contributed by atoms with Gasteiger partial charge in [0.2, 0.25) is 0 Å². The first-order chi connectivity index (χ1) is 5.66. The molecule has 0 radical (unpaired) electrons. The molecule has 0 saturated carbocycles. The van der Waals surface area contributed by atoms with Crippen molar-refractivity contribution in [2.24, 2.45) is 0 Å². The van der Waals surface area contributed by atoms with E-state index < -0.39 is 6.10 Å². The van der Waals surface area contributed by atoms with Gasteiger partial charge in [0.25, 0.3) is 0 Å². The summed E-state index contributed by atoms with van der Waals surface area (Å²) < 4.78 is 10.2. The zero-order chi connectivity index (χ0) is 9.40. The van der Waals surface area contributed by atoms with Gasteiger partial charge in [-0.3, -0.25) is 0 Å². The summed E-state index contributed by atoms with van der Waals surface area (Å²) >= 11 is 1.27. The average molecular weight is 212 g/mol. The number of ether oxygens (including phenoxy) is 1. The molecule has 0 aromatic carbocycles. The number of hydrogen-bond acceptors (Lipinski definition) is 5. The predicted octanol–water partition coefficient (Wildman–Crippen LogP) is 1.72. The lowest BCUT2D eigenvalue weighted by Gasteiger charge is -2.12. The van der Waals surface area contributed by atoms with Crippen molar-refractivity contribution in [1.29, 1.82) is 0 Å². The second kappa shape index (κ2) is 8.19. The number of aliphatic hydroxyl groups is 1. The summed E-state index contributed by atoms with van der Waals surface area (Å²) in [7, 11) is 1.51. The molecule has 1 unspecified atom stereocenters. The minimum atomic E-state index is -0.521. The van der Waals surface area contributed by atoms with Gasteiger partial charge in [0.1, 0.15) is 6.10 Å². The van der Waals surface area contributed by atoms with Crippen LogP contribution in [0.4, 0.5) is 0 Å². The minimum absolute atomic E-state index is 0.160. The Morgan fingerprint density at radius 1 is 1.33 bits per heavy atom. The molecule has 0 aromatic heterocycles. The van der Waals surface area contributed by atoms with Gasteiger partial charge in [0.15, 0.2) is 0 Å². The molecule has 0 saturated heterocycles. The molecular formula is C7H16O3S2. The summed E-state index contributed by atoms with van der Waals surface area (Å²) in [6.45, 7) is 4.53. The van der Waals surface area contributed by atoms with Crippen LogP contribution in [0.5, 0.6) is 0 Å². The second-order valence-corrected chi connectivity index (χ2v) is 4.67. The first-order valence-electron chi connectivity index (χ1n) is 3.78. The molecule has 0 spiro atoms. The summed E-state index contributed by atoms with van der Waals surface area (Å²) in [4.78, 5) is 0. The van der Waals surface area contributed by atoms with Gasteiger partial charge in [-0.15, -0.1) is 0 Å². The maximum Gasteiger partial charge on any atom is 0.102 e. The molecule has 3 nitrogen and oxygen atoms in total. The molecule has 0 heterocycles. The quantitative estimate of drug-likeness (QED) is 0.395. The van der Waals surface area contributed by atoms with E-state index in [2.05, 4.69) is 0 Å². The highest BCUT2D eigenvalue weighted by molar-refractivity contribution is 8.74. The molecule has 12 heavy (non-hydrogen) atoms. The van der Waals surface area contributed by atoms with Crippen LogP contribution in [-0.2, 0) is 8.92 Å². The van der Waals surface area contributed by atoms with E-state index in [0.717, 1.165) is 0 Å². The van der Waals surface area contributed by atoms with E-state index in [1.807, 2.05) is 20.1 Å². The maximum absolute atomic E-state index is 9.25. The minimum Gasteiger partial charge on any atom is -0.388 e. The van der Waals surface area contributed by atoms with E-state index in [9.17, 15) is 5.11 Å². The molecule has 1 atom stereocenters. The molecule has 74 valence electrons. The fourth-order valence-electron chi connectivity index (χ4n) is 0.506. The molecule has 1 N–H and O–H groups in total. The van der Waals surface area contributed by atoms with Crippen LogP contribution in [0.15, 0.2) is 0 Å². The lowest BCUT2D eigenvalue weighted by molar-refractivity contribution is -0.00914. The van der Waals surface area contributed by atoms with Crippen molar-refractivity contribution in [3.05, 3.63) is 0 Å². The van der Waals surface area contributed by atoms with Gasteiger partial charge in [-0.05, 0) is 20.1 Å². The third-order valence-electron chi connectivity index (χ3n) is 0.999. The summed E-state index contributed by atoms with van der Waals surface area (Å²) in [5, 5.41) is 9.25. The van der Waals surface area contributed by atoms with Crippen LogP contribution in [-0.4, -0.2) is 36.8 Å². The van der Waals surface area contributed by atoms with Crippen LogP contribution in [0, 0.1) is 0 Å². The van der Waals surface area contributed by atoms with Crippen molar-refractivity contribution < 1.29 is 14.0 Å². The fraction of sp³-hybridized carbons (Fsp3) is 1.00. The molecule has 0 fully saturated rings. The molecule has 0 aromatic rings. The van der Waals surface area contributed by atoms with Crippen molar-refractivity contribution in [2.45, 2.75) is 26.1 Å². The Labute approximate surface area is 81.8 Å². The van der Waals surface area contributed by atoms with E-state index in [4.69, 9.17) is 8.92 Å². The second-order valence-electron chi connectivity index (χ2n) is 2.56. The van der Waals surface area contributed by atoms with Crippen LogP contribution >= 0.6 is 21.9 Å². The highest BCUT2D eigenvalue weighted by atomic mass is 33.1. The molecular weight excluding hydrogens is 196 g/mol.